The third kappa shape index (κ3) is 4.41. The van der Waals surface area contributed by atoms with Gasteiger partial charge in [0.15, 0.2) is 0 Å². The highest BCUT2D eigenvalue weighted by Gasteiger charge is 2.24. The molecular weight excluding hydrogens is 282 g/mol. The van der Waals surface area contributed by atoms with E-state index in [0.717, 1.165) is 12.3 Å². The van der Waals surface area contributed by atoms with Gasteiger partial charge in [-0.2, -0.15) is 0 Å². The second-order valence-corrected chi connectivity index (χ2v) is 4.85. The number of carboxylic acid groups (broad SMARTS) is 1. The molecule has 1 amide bonds. The zero-order chi connectivity index (χ0) is 16.2. The van der Waals surface area contributed by atoms with Crippen LogP contribution in [0.2, 0.25) is 0 Å². The van der Waals surface area contributed by atoms with Gasteiger partial charge in [-0.1, -0.05) is 13.8 Å². The summed E-state index contributed by atoms with van der Waals surface area (Å²) in [5, 5.41) is 21.8. The fourth-order valence-electron chi connectivity index (χ4n) is 1.68. The minimum Gasteiger partial charge on any atom is -0.480 e. The van der Waals surface area contributed by atoms with Gasteiger partial charge in [-0.05, 0) is 12.3 Å². The minimum absolute atomic E-state index is 0.00907. The highest BCUT2D eigenvalue weighted by molar-refractivity contribution is 5.96. The maximum atomic E-state index is 11.9. The second kappa shape index (κ2) is 6.64. The first-order valence-electron chi connectivity index (χ1n) is 6.13. The number of carboxylic acids is 1. The quantitative estimate of drug-likeness (QED) is 0.515. The Morgan fingerprint density at radius 2 is 2.10 bits per heavy atom. The van der Waals surface area contributed by atoms with E-state index >= 15 is 0 Å². The van der Waals surface area contributed by atoms with Gasteiger partial charge in [0.1, 0.15) is 11.6 Å². The number of carbonyl (C=O) groups excluding carboxylic acids is 1. The molecule has 0 spiro atoms. The summed E-state index contributed by atoms with van der Waals surface area (Å²) in [5.74, 6) is -2.19. The number of aromatic amines is 1. The first-order valence-corrected chi connectivity index (χ1v) is 6.13. The molecule has 114 valence electrons. The fourth-order valence-corrected chi connectivity index (χ4v) is 1.68. The Hall–Kier alpha value is -2.71. The molecule has 1 rings (SSSR count). The number of nitrogens with zero attached hydrogens (tertiary/aromatic N) is 1. The lowest BCUT2D eigenvalue weighted by Gasteiger charge is -2.16. The van der Waals surface area contributed by atoms with Crippen molar-refractivity contribution in [2.24, 2.45) is 5.92 Å². The van der Waals surface area contributed by atoms with Crippen molar-refractivity contribution in [2.45, 2.75) is 26.3 Å². The van der Waals surface area contributed by atoms with Crippen molar-refractivity contribution >= 4 is 17.6 Å². The van der Waals surface area contributed by atoms with Crippen LogP contribution >= 0.6 is 0 Å². The fraction of sp³-hybridized carbons (Fsp3) is 0.417. The van der Waals surface area contributed by atoms with Crippen LogP contribution < -0.4 is 10.9 Å². The lowest BCUT2D eigenvalue weighted by atomic mass is 10.0. The lowest BCUT2D eigenvalue weighted by molar-refractivity contribution is -0.385. The molecule has 1 heterocycles. The van der Waals surface area contributed by atoms with Crippen molar-refractivity contribution in [2.75, 3.05) is 0 Å². The van der Waals surface area contributed by atoms with Crippen molar-refractivity contribution < 1.29 is 19.6 Å². The zero-order valence-corrected chi connectivity index (χ0v) is 11.5. The van der Waals surface area contributed by atoms with Gasteiger partial charge in [0.05, 0.1) is 11.1 Å². The van der Waals surface area contributed by atoms with Crippen LogP contribution in [-0.4, -0.2) is 32.9 Å². The Morgan fingerprint density at radius 3 is 2.57 bits per heavy atom. The molecule has 0 radical (unpaired) electrons. The first-order chi connectivity index (χ1) is 9.72. The van der Waals surface area contributed by atoms with Crippen LogP contribution in [0.25, 0.3) is 0 Å². The maximum absolute atomic E-state index is 11.9. The van der Waals surface area contributed by atoms with Crippen LogP contribution in [0, 0.1) is 16.0 Å². The zero-order valence-electron chi connectivity index (χ0n) is 11.5. The standard InChI is InChI=1S/C12H15N3O6/c1-6(2)3-9(12(18)19)14-11(17)8-4-7(15(20)21)5-13-10(8)16/h4-6,9H,3H2,1-2H3,(H,13,16)(H,14,17)(H,18,19)/t9-/m0/s1. The van der Waals surface area contributed by atoms with E-state index < -0.39 is 39.7 Å². The van der Waals surface area contributed by atoms with Crippen LogP contribution in [0.3, 0.4) is 0 Å². The number of carbonyl (C=O) groups is 2. The normalized spacial score (nSPS) is 12.0. The summed E-state index contributed by atoms with van der Waals surface area (Å²) in [6, 6.07) is -0.362. The topological polar surface area (TPSA) is 142 Å². The molecule has 0 aliphatic heterocycles. The molecule has 1 aromatic heterocycles. The SMILES string of the molecule is CC(C)C[C@H](NC(=O)c1cc([N+](=O)[O-])c[nH]c1=O)C(=O)O. The molecule has 9 heteroatoms. The van der Waals surface area contributed by atoms with Crippen LogP contribution in [0.1, 0.15) is 30.6 Å². The van der Waals surface area contributed by atoms with Crippen molar-refractivity contribution in [3.63, 3.8) is 0 Å². The van der Waals surface area contributed by atoms with E-state index in [-0.39, 0.29) is 12.3 Å². The molecule has 0 fully saturated rings. The summed E-state index contributed by atoms with van der Waals surface area (Å²) < 4.78 is 0. The van der Waals surface area contributed by atoms with Crippen LogP contribution in [-0.2, 0) is 4.79 Å². The van der Waals surface area contributed by atoms with Crippen molar-refractivity contribution in [1.29, 1.82) is 0 Å². The molecule has 0 unspecified atom stereocenters. The van der Waals surface area contributed by atoms with E-state index in [9.17, 15) is 24.5 Å². The van der Waals surface area contributed by atoms with Crippen LogP contribution in [0.4, 0.5) is 5.69 Å². The number of nitrogens with one attached hydrogen (secondary N) is 2. The Balaban J connectivity index is 3.02. The lowest BCUT2D eigenvalue weighted by Crippen LogP contribution is -2.43. The molecule has 0 aliphatic carbocycles. The molecule has 1 atom stereocenters. The minimum atomic E-state index is -1.24. The predicted octanol–water partition coefficient (Wildman–Crippen LogP) is 0.512. The Morgan fingerprint density at radius 1 is 1.48 bits per heavy atom. The van der Waals surface area contributed by atoms with Gasteiger partial charge in [0.25, 0.3) is 17.2 Å². The Kier molecular flexibility index (Phi) is 5.17. The van der Waals surface area contributed by atoms with E-state index in [1.807, 2.05) is 0 Å². The number of aromatic nitrogens is 1. The summed E-state index contributed by atoms with van der Waals surface area (Å²) in [6.07, 6.45) is 1.04. The Labute approximate surface area is 119 Å². The summed E-state index contributed by atoms with van der Waals surface area (Å²) >= 11 is 0. The number of amides is 1. The van der Waals surface area contributed by atoms with Gasteiger partial charge < -0.3 is 15.4 Å². The molecule has 21 heavy (non-hydrogen) atoms. The van der Waals surface area contributed by atoms with Gasteiger partial charge in [0, 0.05) is 6.07 Å². The first kappa shape index (κ1) is 16.3. The largest absolute Gasteiger partial charge is 0.480 e. The van der Waals surface area contributed by atoms with E-state index in [0.29, 0.717) is 0 Å². The summed E-state index contributed by atoms with van der Waals surface area (Å²) in [4.78, 5) is 46.4. The summed E-state index contributed by atoms with van der Waals surface area (Å²) in [6.45, 7) is 3.56. The van der Waals surface area contributed by atoms with Crippen LogP contribution in [0.5, 0.6) is 0 Å². The predicted molar refractivity (Wildman–Crippen MR) is 72.1 cm³/mol. The number of rotatable bonds is 6. The Bertz CT molecular complexity index is 622. The summed E-state index contributed by atoms with van der Waals surface area (Å²) in [7, 11) is 0. The highest BCUT2D eigenvalue weighted by atomic mass is 16.6. The average Bonchev–Trinajstić information content (AvgIpc) is 2.37. The monoisotopic (exact) mass is 297 g/mol. The van der Waals surface area contributed by atoms with Crippen molar-refractivity contribution in [3.8, 4) is 0 Å². The number of aliphatic carboxylic acids is 1. The smallest absolute Gasteiger partial charge is 0.326 e. The van der Waals surface area contributed by atoms with E-state index in [1.165, 1.54) is 0 Å². The third-order valence-corrected chi connectivity index (χ3v) is 2.65. The highest BCUT2D eigenvalue weighted by Crippen LogP contribution is 2.10. The number of hydrogen-bond donors (Lipinski definition) is 3. The number of H-pyrrole nitrogens is 1. The van der Waals surface area contributed by atoms with Gasteiger partial charge in [-0.3, -0.25) is 19.7 Å². The van der Waals surface area contributed by atoms with E-state index in [4.69, 9.17) is 5.11 Å². The van der Waals surface area contributed by atoms with Crippen molar-refractivity contribution in [1.82, 2.24) is 10.3 Å². The number of hydrogen-bond acceptors (Lipinski definition) is 5. The van der Waals surface area contributed by atoms with Gasteiger partial charge in [0.2, 0.25) is 0 Å². The molecule has 0 aliphatic rings. The van der Waals surface area contributed by atoms with E-state index in [2.05, 4.69) is 10.3 Å². The van der Waals surface area contributed by atoms with Gasteiger partial charge in [-0.25, -0.2) is 4.79 Å². The molecule has 0 saturated heterocycles. The number of nitro groups is 1. The van der Waals surface area contributed by atoms with Gasteiger partial charge in [-0.15, -0.1) is 0 Å². The van der Waals surface area contributed by atoms with Crippen molar-refractivity contribution in [3.05, 3.63) is 38.3 Å². The van der Waals surface area contributed by atoms with Crippen LogP contribution in [0.15, 0.2) is 17.1 Å². The van der Waals surface area contributed by atoms with Gasteiger partial charge >= 0.3 is 5.97 Å². The average molecular weight is 297 g/mol. The maximum Gasteiger partial charge on any atom is 0.326 e. The molecule has 0 bridgehead atoms. The molecular formula is C12H15N3O6. The van der Waals surface area contributed by atoms with E-state index in [1.54, 1.807) is 13.8 Å². The third-order valence-electron chi connectivity index (χ3n) is 2.65. The summed E-state index contributed by atoms with van der Waals surface area (Å²) in [5.41, 5.74) is -1.79. The number of pyridine rings is 1. The molecule has 1 aromatic rings. The molecule has 3 N–H and O–H groups in total. The molecule has 0 saturated carbocycles. The molecule has 9 nitrogen and oxygen atoms in total. The second-order valence-electron chi connectivity index (χ2n) is 4.85. The molecule has 0 aromatic carbocycles.